The van der Waals surface area contributed by atoms with Crippen LogP contribution in [0.3, 0.4) is 0 Å². The molecule has 3 aromatic rings. The number of piperidine rings is 1. The Hall–Kier alpha value is -2.72. The Kier molecular flexibility index (Phi) is 6.34. The second kappa shape index (κ2) is 9.03. The third-order valence-corrected chi connectivity index (χ3v) is 7.57. The fourth-order valence-corrected chi connectivity index (χ4v) is 5.68. The molecule has 2 aromatic heterocycles. The van der Waals surface area contributed by atoms with Gasteiger partial charge in [0, 0.05) is 19.5 Å². The number of imidazole rings is 1. The lowest BCUT2D eigenvalue weighted by Crippen LogP contribution is -2.35. The highest BCUT2D eigenvalue weighted by Gasteiger charge is 2.27. The molecule has 9 nitrogen and oxygen atoms in total. The number of rotatable bonds is 7. The summed E-state index contributed by atoms with van der Waals surface area (Å²) in [5, 5.41) is 4.63. The molecule has 1 fully saturated rings. The zero-order chi connectivity index (χ0) is 22.9. The van der Waals surface area contributed by atoms with E-state index in [2.05, 4.69) is 15.1 Å². The summed E-state index contributed by atoms with van der Waals surface area (Å²) in [6.07, 6.45) is 4.28. The summed E-state index contributed by atoms with van der Waals surface area (Å²) >= 11 is 0. The molecular formula is C22H29N5O4S. The summed E-state index contributed by atoms with van der Waals surface area (Å²) in [5.41, 5.74) is 1.11. The number of aromatic nitrogens is 4. The van der Waals surface area contributed by atoms with E-state index in [-0.39, 0.29) is 16.3 Å². The number of aryl methyl sites for hydroxylation is 2. The second-order valence-electron chi connectivity index (χ2n) is 7.98. The maximum Gasteiger partial charge on any atom is 0.277 e. The van der Waals surface area contributed by atoms with Gasteiger partial charge in [-0.15, -0.1) is 5.10 Å². The maximum absolute atomic E-state index is 13.2. The van der Waals surface area contributed by atoms with Crippen LogP contribution in [0.5, 0.6) is 5.75 Å². The largest absolute Gasteiger partial charge is 0.493 e. The van der Waals surface area contributed by atoms with Crippen LogP contribution >= 0.6 is 0 Å². The van der Waals surface area contributed by atoms with Crippen molar-refractivity contribution in [2.75, 3.05) is 19.7 Å². The Bertz CT molecular complexity index is 1290. The number of fused-ring (bicyclic) bond motifs is 1. The molecule has 0 atom stereocenters. The van der Waals surface area contributed by atoms with Crippen molar-refractivity contribution < 1.29 is 13.2 Å². The highest BCUT2D eigenvalue weighted by molar-refractivity contribution is 7.89. The second-order valence-corrected chi connectivity index (χ2v) is 9.92. The van der Waals surface area contributed by atoms with Gasteiger partial charge in [0.2, 0.25) is 10.0 Å². The molecule has 0 saturated carbocycles. The van der Waals surface area contributed by atoms with Crippen LogP contribution < -0.4 is 10.3 Å². The zero-order valence-corrected chi connectivity index (χ0v) is 19.5. The molecule has 0 bridgehead atoms. The van der Waals surface area contributed by atoms with Gasteiger partial charge in [-0.2, -0.15) is 4.31 Å². The van der Waals surface area contributed by atoms with Gasteiger partial charge in [-0.3, -0.25) is 4.79 Å². The lowest BCUT2D eigenvalue weighted by atomic mass is 10.2. The molecule has 32 heavy (non-hydrogen) atoms. The SMILES string of the molecule is CCCc1nc(C)c2c(=O)[nH]c(-c3cc(S(=O)(=O)N4CCCCC4)ccc3OCC)nn12. The molecular weight excluding hydrogens is 430 g/mol. The van der Waals surface area contributed by atoms with Crippen molar-refractivity contribution in [2.24, 2.45) is 0 Å². The van der Waals surface area contributed by atoms with Crippen LogP contribution in [0.1, 0.15) is 51.0 Å². The number of H-pyrrole nitrogens is 1. The average molecular weight is 460 g/mol. The maximum atomic E-state index is 13.2. The topological polar surface area (TPSA) is 110 Å². The Morgan fingerprint density at radius 2 is 1.91 bits per heavy atom. The molecule has 0 unspecified atom stereocenters. The predicted octanol–water partition coefficient (Wildman–Crippen LogP) is 2.92. The highest BCUT2D eigenvalue weighted by atomic mass is 32.2. The van der Waals surface area contributed by atoms with E-state index in [0.717, 1.165) is 25.7 Å². The Morgan fingerprint density at radius 3 is 2.59 bits per heavy atom. The van der Waals surface area contributed by atoms with Crippen LogP contribution in [0.2, 0.25) is 0 Å². The quantitative estimate of drug-likeness (QED) is 0.582. The lowest BCUT2D eigenvalue weighted by molar-refractivity contribution is 0.340. The van der Waals surface area contributed by atoms with Crippen molar-refractivity contribution in [2.45, 2.75) is 57.8 Å². The smallest absolute Gasteiger partial charge is 0.277 e. The van der Waals surface area contributed by atoms with Crippen molar-refractivity contribution in [1.82, 2.24) is 23.9 Å². The van der Waals surface area contributed by atoms with Gasteiger partial charge in [0.05, 0.1) is 22.8 Å². The molecule has 1 saturated heterocycles. The third-order valence-electron chi connectivity index (χ3n) is 5.68. The number of nitrogens with one attached hydrogen (secondary N) is 1. The first-order valence-electron chi connectivity index (χ1n) is 11.1. The van der Waals surface area contributed by atoms with Crippen molar-refractivity contribution in [3.8, 4) is 17.1 Å². The first-order valence-corrected chi connectivity index (χ1v) is 12.6. The van der Waals surface area contributed by atoms with Crippen molar-refractivity contribution in [1.29, 1.82) is 0 Å². The highest BCUT2D eigenvalue weighted by Crippen LogP contribution is 2.32. The standard InChI is InChI=1S/C22H29N5O4S/c1-4-9-19-23-15(3)20-22(28)24-21(25-27(19)20)17-14-16(10-11-18(17)31-5-2)32(29,30)26-12-7-6-8-13-26/h10-11,14H,4-9,12-13H2,1-3H3,(H,24,25,28). The molecule has 3 heterocycles. The lowest BCUT2D eigenvalue weighted by Gasteiger charge is -2.26. The van der Waals surface area contributed by atoms with Crippen molar-refractivity contribution >= 4 is 15.5 Å². The van der Waals surface area contributed by atoms with Crippen LogP contribution in [-0.2, 0) is 16.4 Å². The van der Waals surface area contributed by atoms with Crippen LogP contribution in [0.15, 0.2) is 27.9 Å². The first-order chi connectivity index (χ1) is 15.4. The van der Waals surface area contributed by atoms with Gasteiger partial charge in [0.1, 0.15) is 11.6 Å². The van der Waals surface area contributed by atoms with E-state index in [1.807, 2.05) is 13.8 Å². The zero-order valence-electron chi connectivity index (χ0n) is 18.7. The molecule has 1 aliphatic heterocycles. The van der Waals surface area contributed by atoms with Gasteiger partial charge in [-0.05, 0) is 51.3 Å². The fraction of sp³-hybridized carbons (Fsp3) is 0.500. The van der Waals surface area contributed by atoms with Crippen LogP contribution in [0.25, 0.3) is 16.9 Å². The minimum Gasteiger partial charge on any atom is -0.493 e. The molecule has 172 valence electrons. The van der Waals surface area contributed by atoms with Crippen LogP contribution in [0.4, 0.5) is 0 Å². The normalized spacial score (nSPS) is 15.3. The number of benzene rings is 1. The number of nitrogens with zero attached hydrogens (tertiary/aromatic N) is 4. The number of ether oxygens (including phenoxy) is 1. The van der Waals surface area contributed by atoms with Gasteiger partial charge in [0.15, 0.2) is 11.3 Å². The summed E-state index contributed by atoms with van der Waals surface area (Å²) in [4.78, 5) is 20.4. The Morgan fingerprint density at radius 1 is 1.16 bits per heavy atom. The van der Waals surface area contributed by atoms with E-state index in [0.29, 0.717) is 54.5 Å². The molecule has 0 radical (unpaired) electrons. The monoisotopic (exact) mass is 459 g/mol. The average Bonchev–Trinajstić information content (AvgIpc) is 3.10. The van der Waals surface area contributed by atoms with Gasteiger partial charge in [-0.25, -0.2) is 17.9 Å². The molecule has 1 N–H and O–H groups in total. The van der Waals surface area contributed by atoms with E-state index in [9.17, 15) is 13.2 Å². The third kappa shape index (κ3) is 4.04. The van der Waals surface area contributed by atoms with Gasteiger partial charge < -0.3 is 9.72 Å². The van der Waals surface area contributed by atoms with E-state index in [1.165, 1.54) is 4.31 Å². The summed E-state index contributed by atoms with van der Waals surface area (Å²) in [5.74, 6) is 1.40. The molecule has 1 aliphatic rings. The predicted molar refractivity (Wildman–Crippen MR) is 122 cm³/mol. The van der Waals surface area contributed by atoms with Crippen molar-refractivity contribution in [3.05, 3.63) is 40.1 Å². The van der Waals surface area contributed by atoms with E-state index >= 15 is 0 Å². The van der Waals surface area contributed by atoms with Gasteiger partial charge in [0.25, 0.3) is 5.56 Å². The van der Waals surface area contributed by atoms with E-state index in [4.69, 9.17) is 4.74 Å². The Balaban J connectivity index is 1.88. The molecule has 0 amide bonds. The summed E-state index contributed by atoms with van der Waals surface area (Å²) in [6.45, 7) is 7.08. The molecule has 0 spiro atoms. The van der Waals surface area contributed by atoms with Crippen LogP contribution in [-0.4, -0.2) is 52.0 Å². The Labute approximate surface area is 187 Å². The molecule has 0 aliphatic carbocycles. The fourth-order valence-electron chi connectivity index (χ4n) is 4.13. The first kappa shape index (κ1) is 22.5. The van der Waals surface area contributed by atoms with E-state index < -0.39 is 10.0 Å². The molecule has 4 rings (SSSR count). The van der Waals surface area contributed by atoms with Crippen LogP contribution in [0, 0.1) is 6.92 Å². The minimum absolute atomic E-state index is 0.163. The summed E-state index contributed by atoms with van der Waals surface area (Å²) < 4.78 is 35.3. The van der Waals surface area contributed by atoms with E-state index in [1.54, 1.807) is 29.6 Å². The summed E-state index contributed by atoms with van der Waals surface area (Å²) in [7, 11) is -3.65. The number of hydrogen-bond acceptors (Lipinski definition) is 6. The van der Waals surface area contributed by atoms with Gasteiger partial charge in [-0.1, -0.05) is 13.3 Å². The number of hydrogen-bond donors (Lipinski definition) is 1. The summed E-state index contributed by atoms with van der Waals surface area (Å²) in [6, 6.07) is 4.73. The minimum atomic E-state index is -3.65. The number of aromatic amines is 1. The van der Waals surface area contributed by atoms with Crippen molar-refractivity contribution in [3.63, 3.8) is 0 Å². The molecule has 10 heteroatoms. The number of sulfonamides is 1. The molecule has 1 aromatic carbocycles. The van der Waals surface area contributed by atoms with Gasteiger partial charge >= 0.3 is 0 Å².